The molecule has 0 fully saturated rings. The number of rotatable bonds is 12. The van der Waals surface area contributed by atoms with Gasteiger partial charge in [-0.2, -0.15) is 0 Å². The second kappa shape index (κ2) is 14.4. The molecule has 0 unspecified atom stereocenters. The van der Waals surface area contributed by atoms with E-state index in [-0.39, 0.29) is 46.3 Å². The summed E-state index contributed by atoms with van der Waals surface area (Å²) in [6.07, 6.45) is 3.36. The third kappa shape index (κ3) is 7.84. The summed E-state index contributed by atoms with van der Waals surface area (Å²) >= 11 is 3.03. The fourth-order valence-corrected chi connectivity index (χ4v) is 5.08. The van der Waals surface area contributed by atoms with Gasteiger partial charge in [-0.15, -0.1) is 0 Å². The first-order valence-corrected chi connectivity index (χ1v) is 15.7. The molecule has 0 saturated carbocycles. The fourth-order valence-electron chi connectivity index (χ4n) is 4.98. The molecule has 5 amide bonds. The van der Waals surface area contributed by atoms with Crippen LogP contribution in [0, 0.1) is 5.41 Å². The minimum atomic E-state index is -0.546. The number of hydrogen-bond acceptors (Lipinski definition) is 7. The molecule has 4 aromatic heterocycles. The molecule has 0 bridgehead atoms. The molecular formula is C33H33BrN10O6. The summed E-state index contributed by atoms with van der Waals surface area (Å²) in [7, 11) is 4.92. The second-order valence-corrected chi connectivity index (χ2v) is 12.2. The van der Waals surface area contributed by atoms with Crippen LogP contribution in [0.4, 0.5) is 22.9 Å². The highest BCUT2D eigenvalue weighted by Crippen LogP contribution is 2.25. The van der Waals surface area contributed by atoms with Crippen LogP contribution in [0.25, 0.3) is 11.0 Å². The third-order valence-corrected chi connectivity index (χ3v) is 7.87. The Morgan fingerprint density at radius 3 is 2.02 bits per heavy atom. The van der Waals surface area contributed by atoms with Gasteiger partial charge in [0, 0.05) is 57.6 Å². The maximum atomic E-state index is 13.2. The van der Waals surface area contributed by atoms with Crippen LogP contribution in [0.15, 0.2) is 76.4 Å². The van der Waals surface area contributed by atoms with Gasteiger partial charge in [0.05, 0.1) is 21.7 Å². The fraction of sp³-hybridized carbons (Fsp3) is 0.152. The van der Waals surface area contributed by atoms with Crippen LogP contribution < -0.4 is 32.3 Å². The van der Waals surface area contributed by atoms with Crippen molar-refractivity contribution in [1.29, 1.82) is 5.41 Å². The lowest BCUT2D eigenvalue weighted by Gasteiger charge is -2.10. The lowest BCUT2D eigenvalue weighted by atomic mass is 10.2. The lowest BCUT2D eigenvalue weighted by molar-refractivity contribution is -0.112. The molecule has 1 aromatic carbocycles. The van der Waals surface area contributed by atoms with E-state index in [1.807, 2.05) is 0 Å². The molecule has 0 aliphatic carbocycles. The number of aryl methyl sites for hydroxylation is 2. The van der Waals surface area contributed by atoms with Crippen molar-refractivity contribution in [3.63, 3.8) is 0 Å². The molecule has 0 aliphatic rings. The van der Waals surface area contributed by atoms with Gasteiger partial charge in [0.15, 0.2) is 5.76 Å². The summed E-state index contributed by atoms with van der Waals surface area (Å²) in [5.41, 5.74) is 7.73. The van der Waals surface area contributed by atoms with Crippen LogP contribution in [0.3, 0.4) is 0 Å². The molecule has 16 nitrogen and oxygen atoms in total. The Balaban J connectivity index is 1.21. The van der Waals surface area contributed by atoms with E-state index in [0.29, 0.717) is 39.5 Å². The molecule has 50 heavy (non-hydrogen) atoms. The SMILES string of the molecule is C=C(Br)C(=O)Nc1ccc2oc(C(=O)Nc3cc(C(=O)Nc4cc(C(=O)Nc5ccc(C(=O)NCCC(=N)N)n5C)n(C)c4)n(C)c3)cc2c1. The molecule has 17 heteroatoms. The van der Waals surface area contributed by atoms with E-state index in [1.165, 1.54) is 27.3 Å². The van der Waals surface area contributed by atoms with Crippen molar-refractivity contribution in [2.24, 2.45) is 26.9 Å². The number of nitrogens with zero attached hydrogens (tertiary/aromatic N) is 3. The molecule has 4 heterocycles. The molecule has 258 valence electrons. The van der Waals surface area contributed by atoms with E-state index in [0.717, 1.165) is 0 Å². The zero-order valence-corrected chi connectivity index (χ0v) is 28.7. The number of carbonyl (C=O) groups excluding carboxylic acids is 5. The van der Waals surface area contributed by atoms with Crippen molar-refractivity contribution in [2.45, 2.75) is 6.42 Å². The second-order valence-electron chi connectivity index (χ2n) is 11.2. The molecule has 5 rings (SSSR count). The molecule has 0 spiro atoms. The van der Waals surface area contributed by atoms with Gasteiger partial charge >= 0.3 is 0 Å². The van der Waals surface area contributed by atoms with Gasteiger partial charge in [-0.25, -0.2) is 0 Å². The number of hydrogen-bond donors (Lipinski definition) is 7. The average molecular weight is 746 g/mol. The van der Waals surface area contributed by atoms with Crippen LogP contribution in [0.1, 0.15) is 48.4 Å². The number of benzene rings is 1. The van der Waals surface area contributed by atoms with E-state index in [9.17, 15) is 24.0 Å². The number of aromatic nitrogens is 3. The summed E-state index contributed by atoms with van der Waals surface area (Å²) in [4.78, 5) is 63.7. The van der Waals surface area contributed by atoms with Crippen molar-refractivity contribution in [2.75, 3.05) is 27.8 Å². The Bertz CT molecular complexity index is 2200. The van der Waals surface area contributed by atoms with Crippen molar-refractivity contribution < 1.29 is 28.4 Å². The Morgan fingerprint density at radius 1 is 0.780 bits per heavy atom. The van der Waals surface area contributed by atoms with Crippen LogP contribution >= 0.6 is 15.9 Å². The molecule has 0 radical (unpaired) electrons. The summed E-state index contributed by atoms with van der Waals surface area (Å²) in [6, 6.07) is 12.6. The van der Waals surface area contributed by atoms with E-state index in [1.54, 1.807) is 68.4 Å². The number of fused-ring (bicyclic) bond motifs is 1. The van der Waals surface area contributed by atoms with Crippen molar-refractivity contribution in [1.82, 2.24) is 19.0 Å². The zero-order chi connectivity index (χ0) is 36.3. The highest BCUT2D eigenvalue weighted by molar-refractivity contribution is 9.12. The zero-order valence-electron chi connectivity index (χ0n) is 27.1. The van der Waals surface area contributed by atoms with Gasteiger partial charge in [0.2, 0.25) is 0 Å². The van der Waals surface area contributed by atoms with Gasteiger partial charge in [0.25, 0.3) is 29.5 Å². The van der Waals surface area contributed by atoms with Gasteiger partial charge < -0.3 is 50.4 Å². The minimum Gasteiger partial charge on any atom is -0.451 e. The average Bonchev–Trinajstić information content (AvgIpc) is 3.82. The molecular weight excluding hydrogens is 712 g/mol. The summed E-state index contributed by atoms with van der Waals surface area (Å²) < 4.78 is 10.5. The predicted octanol–water partition coefficient (Wildman–Crippen LogP) is 4.11. The monoisotopic (exact) mass is 744 g/mol. The number of amidine groups is 1. The number of anilines is 4. The number of carbonyl (C=O) groups is 5. The maximum Gasteiger partial charge on any atom is 0.291 e. The van der Waals surface area contributed by atoms with Crippen LogP contribution in [-0.2, 0) is 25.9 Å². The van der Waals surface area contributed by atoms with Crippen LogP contribution in [0.2, 0.25) is 0 Å². The maximum absolute atomic E-state index is 13.2. The molecule has 0 aliphatic heterocycles. The standard InChI is InChI=1S/C33H33BrN10O6/c1-17(34)29(45)38-19-5-7-25-18(11-19)12-26(50-25)33(49)40-21-14-23(42(2)16-21)31(47)39-20-13-24(43(3)15-20)32(48)41-28-8-6-22(44(28)4)30(46)37-10-9-27(35)36/h5-8,11-16H,1,9-10H2,2-4H3,(H3,35,36)(H,37,46)(H,38,45)(H,39,47)(H,40,49)(H,41,48). The predicted molar refractivity (Wildman–Crippen MR) is 192 cm³/mol. The lowest BCUT2D eigenvalue weighted by Crippen LogP contribution is -2.29. The van der Waals surface area contributed by atoms with Gasteiger partial charge in [0.1, 0.15) is 28.5 Å². The third-order valence-electron chi connectivity index (χ3n) is 7.51. The van der Waals surface area contributed by atoms with E-state index < -0.39 is 23.6 Å². The van der Waals surface area contributed by atoms with Gasteiger partial charge in [-0.1, -0.05) is 6.58 Å². The number of furan rings is 1. The number of amides is 5. The number of nitrogens with two attached hydrogens (primary N) is 1. The summed E-state index contributed by atoms with van der Waals surface area (Å²) in [6.45, 7) is 3.74. The molecule has 0 atom stereocenters. The van der Waals surface area contributed by atoms with Crippen molar-refractivity contribution >= 4 is 85.2 Å². The van der Waals surface area contributed by atoms with Crippen LogP contribution in [0.5, 0.6) is 0 Å². The minimum absolute atomic E-state index is 0.0258. The Kier molecular flexibility index (Phi) is 10.1. The van der Waals surface area contributed by atoms with Gasteiger partial charge in [-0.05, 0) is 64.5 Å². The number of nitrogens with one attached hydrogen (secondary N) is 6. The molecule has 0 saturated heterocycles. The Labute approximate surface area is 293 Å². The van der Waals surface area contributed by atoms with Crippen molar-refractivity contribution in [3.8, 4) is 0 Å². The van der Waals surface area contributed by atoms with Crippen molar-refractivity contribution in [3.05, 3.63) is 94.8 Å². The highest BCUT2D eigenvalue weighted by Gasteiger charge is 2.20. The Hall–Kier alpha value is -6.36. The van der Waals surface area contributed by atoms with E-state index >= 15 is 0 Å². The highest BCUT2D eigenvalue weighted by atomic mass is 79.9. The van der Waals surface area contributed by atoms with E-state index in [2.05, 4.69) is 49.1 Å². The van der Waals surface area contributed by atoms with Gasteiger partial charge in [-0.3, -0.25) is 29.4 Å². The topological polar surface area (TPSA) is 223 Å². The normalized spacial score (nSPS) is 10.8. The quantitative estimate of drug-likeness (QED) is 0.0562. The van der Waals surface area contributed by atoms with E-state index in [4.69, 9.17) is 15.6 Å². The summed E-state index contributed by atoms with van der Waals surface area (Å²) in [5.74, 6) is -1.93. The first-order valence-electron chi connectivity index (χ1n) is 14.9. The first kappa shape index (κ1) is 35.0. The molecule has 8 N–H and O–H groups in total. The smallest absolute Gasteiger partial charge is 0.291 e. The largest absolute Gasteiger partial charge is 0.451 e. The van der Waals surface area contributed by atoms with Crippen LogP contribution in [-0.4, -0.2) is 55.6 Å². The Morgan fingerprint density at radius 2 is 1.40 bits per heavy atom. The molecule has 5 aromatic rings. The summed E-state index contributed by atoms with van der Waals surface area (Å²) in [5, 5.41) is 21.5. The first-order chi connectivity index (χ1) is 23.7. The number of halogens is 1.